The van der Waals surface area contributed by atoms with Crippen molar-refractivity contribution in [1.29, 1.82) is 0 Å². The molecule has 1 aliphatic heterocycles. The van der Waals surface area contributed by atoms with E-state index in [0.29, 0.717) is 38.9 Å². The minimum Gasteiger partial charge on any atom is -0.481 e. The molecule has 1 heterocycles. The van der Waals surface area contributed by atoms with E-state index < -0.39 is 11.4 Å². The Labute approximate surface area is 114 Å². The third-order valence-electron chi connectivity index (χ3n) is 3.71. The molecule has 5 nitrogen and oxygen atoms in total. The van der Waals surface area contributed by atoms with Crippen LogP contribution in [0.4, 0.5) is 4.79 Å². The van der Waals surface area contributed by atoms with Crippen LogP contribution in [0.5, 0.6) is 0 Å². The first-order chi connectivity index (χ1) is 8.96. The van der Waals surface area contributed by atoms with Crippen molar-refractivity contribution >= 4 is 12.0 Å². The van der Waals surface area contributed by atoms with E-state index in [1.165, 1.54) is 0 Å². The minimum absolute atomic E-state index is 0.0718. The summed E-state index contributed by atoms with van der Waals surface area (Å²) in [4.78, 5) is 26.7. The number of hydrogen-bond acceptors (Lipinski definition) is 2. The molecule has 1 aliphatic rings. The number of carbonyl (C=O) groups excluding carboxylic acids is 1. The van der Waals surface area contributed by atoms with Gasteiger partial charge in [0.1, 0.15) is 0 Å². The number of rotatable bonds is 5. The van der Waals surface area contributed by atoms with E-state index in [-0.39, 0.29) is 6.03 Å². The van der Waals surface area contributed by atoms with Crippen LogP contribution in [0.25, 0.3) is 0 Å². The molecule has 5 heteroatoms. The van der Waals surface area contributed by atoms with Crippen LogP contribution in [-0.4, -0.2) is 53.6 Å². The van der Waals surface area contributed by atoms with Crippen LogP contribution in [0.2, 0.25) is 0 Å². The number of carbonyl (C=O) groups is 2. The van der Waals surface area contributed by atoms with Crippen LogP contribution in [0, 0.1) is 5.41 Å². The second-order valence-electron chi connectivity index (χ2n) is 5.02. The lowest BCUT2D eigenvalue weighted by atomic mass is 9.76. The maximum atomic E-state index is 12.1. The number of nitrogens with zero attached hydrogens (tertiary/aromatic N) is 2. The second-order valence-corrected chi connectivity index (χ2v) is 5.02. The van der Waals surface area contributed by atoms with Crippen LogP contribution in [-0.2, 0) is 4.79 Å². The van der Waals surface area contributed by atoms with E-state index in [4.69, 9.17) is 0 Å². The van der Waals surface area contributed by atoms with Crippen LogP contribution in [0.1, 0.15) is 19.3 Å². The molecule has 2 amide bonds. The summed E-state index contributed by atoms with van der Waals surface area (Å²) in [6.45, 7) is 8.66. The molecule has 0 spiro atoms. The molecule has 0 unspecified atom stereocenters. The number of carboxylic acid groups (broad SMARTS) is 1. The molecule has 0 bridgehead atoms. The van der Waals surface area contributed by atoms with E-state index in [2.05, 4.69) is 13.2 Å². The highest BCUT2D eigenvalue weighted by molar-refractivity contribution is 5.77. The number of carboxylic acids is 1. The molecule has 0 saturated carbocycles. The normalized spacial score (nSPS) is 17.6. The van der Waals surface area contributed by atoms with Crippen molar-refractivity contribution in [1.82, 2.24) is 9.80 Å². The number of likely N-dealkylation sites (N-methyl/N-ethyl adjacent to an activating group) is 1. The zero-order valence-electron chi connectivity index (χ0n) is 11.5. The van der Waals surface area contributed by atoms with Crippen molar-refractivity contribution in [2.75, 3.05) is 26.7 Å². The summed E-state index contributed by atoms with van der Waals surface area (Å²) in [5.41, 5.74) is -0.754. The summed E-state index contributed by atoms with van der Waals surface area (Å²) in [7, 11) is 1.72. The lowest BCUT2D eigenvalue weighted by Crippen LogP contribution is -2.49. The van der Waals surface area contributed by atoms with Crippen molar-refractivity contribution in [3.8, 4) is 0 Å². The molecule has 19 heavy (non-hydrogen) atoms. The number of hydrogen-bond donors (Lipinski definition) is 1. The molecule has 1 N–H and O–H groups in total. The van der Waals surface area contributed by atoms with Gasteiger partial charge in [-0.15, -0.1) is 13.2 Å². The average molecular weight is 266 g/mol. The third-order valence-corrected chi connectivity index (χ3v) is 3.71. The molecular weight excluding hydrogens is 244 g/mol. The standard InChI is InChI=1S/C14H22N2O3/c1-4-6-14(12(17)18)7-10-16(11-8-14)13(19)15(3)9-5-2/h4-5H,1-2,6-11H2,3H3,(H,17,18). The molecule has 0 aliphatic carbocycles. The number of allylic oxidation sites excluding steroid dienone is 1. The van der Waals surface area contributed by atoms with Crippen molar-refractivity contribution < 1.29 is 14.7 Å². The summed E-state index contributed by atoms with van der Waals surface area (Å²) in [6.07, 6.45) is 4.72. The Morgan fingerprint density at radius 1 is 1.32 bits per heavy atom. The molecule has 0 aromatic rings. The smallest absolute Gasteiger partial charge is 0.320 e. The highest BCUT2D eigenvalue weighted by Crippen LogP contribution is 2.35. The lowest BCUT2D eigenvalue weighted by Gasteiger charge is -2.39. The summed E-state index contributed by atoms with van der Waals surface area (Å²) >= 11 is 0. The Hall–Kier alpha value is -1.78. The van der Waals surface area contributed by atoms with Gasteiger partial charge in [-0.05, 0) is 19.3 Å². The zero-order valence-corrected chi connectivity index (χ0v) is 11.5. The second kappa shape index (κ2) is 6.41. The van der Waals surface area contributed by atoms with Crippen molar-refractivity contribution in [3.05, 3.63) is 25.3 Å². The number of urea groups is 1. The van der Waals surface area contributed by atoms with Gasteiger partial charge >= 0.3 is 12.0 Å². The predicted octanol–water partition coefficient (Wildman–Crippen LogP) is 1.97. The molecule has 1 saturated heterocycles. The Kier molecular flexibility index (Phi) is 5.15. The average Bonchev–Trinajstić information content (AvgIpc) is 2.39. The van der Waals surface area contributed by atoms with Gasteiger partial charge in [0.25, 0.3) is 0 Å². The first-order valence-corrected chi connectivity index (χ1v) is 6.42. The van der Waals surface area contributed by atoms with Gasteiger partial charge in [-0.2, -0.15) is 0 Å². The number of piperidine rings is 1. The molecule has 0 aromatic carbocycles. The van der Waals surface area contributed by atoms with Gasteiger partial charge in [-0.3, -0.25) is 4.79 Å². The van der Waals surface area contributed by atoms with Gasteiger partial charge in [0.05, 0.1) is 5.41 Å². The molecular formula is C14H22N2O3. The van der Waals surface area contributed by atoms with E-state index in [0.717, 1.165) is 0 Å². The van der Waals surface area contributed by atoms with Gasteiger partial charge in [0.2, 0.25) is 0 Å². The topological polar surface area (TPSA) is 60.9 Å². The van der Waals surface area contributed by atoms with E-state index >= 15 is 0 Å². The highest BCUT2D eigenvalue weighted by Gasteiger charge is 2.41. The summed E-state index contributed by atoms with van der Waals surface area (Å²) in [6, 6.07) is -0.0718. The largest absolute Gasteiger partial charge is 0.481 e. The van der Waals surface area contributed by atoms with Gasteiger partial charge in [0.15, 0.2) is 0 Å². The van der Waals surface area contributed by atoms with Crippen LogP contribution in [0.15, 0.2) is 25.3 Å². The van der Waals surface area contributed by atoms with E-state index in [1.54, 1.807) is 29.0 Å². The molecule has 1 fully saturated rings. The Bertz CT molecular complexity index is 371. The predicted molar refractivity (Wildman–Crippen MR) is 73.9 cm³/mol. The van der Waals surface area contributed by atoms with Gasteiger partial charge in [0, 0.05) is 26.7 Å². The quantitative estimate of drug-likeness (QED) is 0.774. The summed E-state index contributed by atoms with van der Waals surface area (Å²) in [5.74, 6) is -0.793. The summed E-state index contributed by atoms with van der Waals surface area (Å²) in [5, 5.41) is 9.36. The first kappa shape index (κ1) is 15.3. The SMILES string of the molecule is C=CCN(C)C(=O)N1CCC(CC=C)(C(=O)O)CC1. The van der Waals surface area contributed by atoms with Crippen molar-refractivity contribution in [2.45, 2.75) is 19.3 Å². The van der Waals surface area contributed by atoms with Gasteiger partial charge < -0.3 is 14.9 Å². The van der Waals surface area contributed by atoms with Crippen molar-refractivity contribution in [2.24, 2.45) is 5.41 Å². The maximum Gasteiger partial charge on any atom is 0.320 e. The van der Waals surface area contributed by atoms with Gasteiger partial charge in [-0.25, -0.2) is 4.79 Å². The third kappa shape index (κ3) is 3.36. The molecule has 0 atom stereocenters. The molecule has 0 aromatic heterocycles. The number of aliphatic carboxylic acids is 1. The number of likely N-dealkylation sites (tertiary alicyclic amines) is 1. The van der Waals surface area contributed by atoms with Crippen LogP contribution < -0.4 is 0 Å². The summed E-state index contributed by atoms with van der Waals surface area (Å²) < 4.78 is 0. The zero-order chi connectivity index (χ0) is 14.5. The fraction of sp³-hybridized carbons (Fsp3) is 0.571. The van der Waals surface area contributed by atoms with Crippen molar-refractivity contribution in [3.63, 3.8) is 0 Å². The van der Waals surface area contributed by atoms with E-state index in [1.807, 2.05) is 0 Å². The Morgan fingerprint density at radius 3 is 2.32 bits per heavy atom. The molecule has 106 valence electrons. The molecule has 1 rings (SSSR count). The fourth-order valence-corrected chi connectivity index (χ4v) is 2.42. The van der Waals surface area contributed by atoms with E-state index in [9.17, 15) is 14.7 Å². The number of amides is 2. The fourth-order valence-electron chi connectivity index (χ4n) is 2.42. The van der Waals surface area contributed by atoms with Crippen LogP contribution in [0.3, 0.4) is 0 Å². The monoisotopic (exact) mass is 266 g/mol. The Balaban J connectivity index is 2.65. The molecule has 0 radical (unpaired) electrons. The highest BCUT2D eigenvalue weighted by atomic mass is 16.4. The minimum atomic E-state index is -0.793. The lowest BCUT2D eigenvalue weighted by molar-refractivity contribution is -0.151. The van der Waals surface area contributed by atoms with Crippen LogP contribution >= 0.6 is 0 Å². The first-order valence-electron chi connectivity index (χ1n) is 6.42. The maximum absolute atomic E-state index is 12.1. The Morgan fingerprint density at radius 2 is 1.89 bits per heavy atom. The van der Waals surface area contributed by atoms with Gasteiger partial charge in [-0.1, -0.05) is 12.2 Å².